The molecule has 17 heavy (non-hydrogen) atoms. The number of carbonyl (C=O) groups excluding carboxylic acids is 1. The maximum absolute atomic E-state index is 11.6. The number of rotatable bonds is 4. The second-order valence-electron chi connectivity index (χ2n) is 5.29. The first-order valence-electron chi connectivity index (χ1n) is 6.25. The highest BCUT2D eigenvalue weighted by atomic mass is 16.4. The largest absolute Gasteiger partial charge is 0.481 e. The van der Waals surface area contributed by atoms with Crippen LogP contribution in [0.3, 0.4) is 0 Å². The fraction of sp³-hybridized carbons (Fsp3) is 0.833. The van der Waals surface area contributed by atoms with Crippen molar-refractivity contribution in [3.05, 3.63) is 0 Å². The number of nitrogens with one attached hydrogen (secondary N) is 1. The van der Waals surface area contributed by atoms with Gasteiger partial charge < -0.3 is 15.5 Å². The van der Waals surface area contributed by atoms with Gasteiger partial charge in [-0.1, -0.05) is 19.3 Å². The number of aliphatic carboxylic acids is 1. The van der Waals surface area contributed by atoms with Gasteiger partial charge in [0.2, 0.25) is 5.91 Å². The van der Waals surface area contributed by atoms with Crippen molar-refractivity contribution in [3.8, 4) is 0 Å². The van der Waals surface area contributed by atoms with Crippen LogP contribution in [0.4, 0.5) is 0 Å². The lowest BCUT2D eigenvalue weighted by Crippen LogP contribution is -2.44. The van der Waals surface area contributed by atoms with Crippen LogP contribution in [0.2, 0.25) is 0 Å². The quantitative estimate of drug-likeness (QED) is 0.669. The summed E-state index contributed by atoms with van der Waals surface area (Å²) in [6, 6.07) is 0. The highest BCUT2D eigenvalue weighted by Gasteiger charge is 2.48. The highest BCUT2D eigenvalue weighted by Crippen LogP contribution is 2.38. The highest BCUT2D eigenvalue weighted by molar-refractivity contribution is 5.89. The van der Waals surface area contributed by atoms with Crippen LogP contribution in [-0.2, 0) is 9.59 Å². The Labute approximate surface area is 100 Å². The van der Waals surface area contributed by atoms with E-state index in [2.05, 4.69) is 5.32 Å². The van der Waals surface area contributed by atoms with E-state index in [1.165, 1.54) is 0 Å². The van der Waals surface area contributed by atoms with Crippen molar-refractivity contribution in [2.45, 2.75) is 44.1 Å². The molecule has 0 aromatic heterocycles. The minimum absolute atomic E-state index is 0.226. The number of carboxylic acid groups (broad SMARTS) is 1. The number of carboxylic acids is 1. The Morgan fingerprint density at radius 3 is 2.35 bits per heavy atom. The van der Waals surface area contributed by atoms with Gasteiger partial charge in [-0.2, -0.15) is 0 Å². The van der Waals surface area contributed by atoms with Gasteiger partial charge in [0.15, 0.2) is 0 Å². The van der Waals surface area contributed by atoms with Crippen LogP contribution in [0.1, 0.15) is 38.5 Å². The standard InChI is InChI=1S/C12H19NO4/c14-10(8-6-9(8)11(15)16)13-7-12(17)4-2-1-3-5-12/h8-9,17H,1-7H2,(H,13,14)(H,15,16)/t8-,9+/m1/s1. The zero-order chi connectivity index (χ0) is 12.5. The molecule has 2 saturated carbocycles. The molecule has 2 rings (SSSR count). The molecule has 0 radical (unpaired) electrons. The van der Waals surface area contributed by atoms with Gasteiger partial charge in [-0.3, -0.25) is 9.59 Å². The molecule has 96 valence electrons. The van der Waals surface area contributed by atoms with Crippen molar-refractivity contribution in [1.82, 2.24) is 5.32 Å². The third-order valence-electron chi connectivity index (χ3n) is 3.82. The molecule has 1 amide bonds. The summed E-state index contributed by atoms with van der Waals surface area (Å²) in [5.41, 5.74) is -0.776. The molecule has 0 spiro atoms. The lowest BCUT2D eigenvalue weighted by Gasteiger charge is -2.32. The molecule has 0 bridgehead atoms. The number of aliphatic hydroxyl groups is 1. The number of carbonyl (C=O) groups is 2. The van der Waals surface area contributed by atoms with E-state index in [1.807, 2.05) is 0 Å². The normalized spacial score (nSPS) is 30.6. The van der Waals surface area contributed by atoms with Crippen molar-refractivity contribution in [3.63, 3.8) is 0 Å². The van der Waals surface area contributed by atoms with Gasteiger partial charge >= 0.3 is 5.97 Å². The third-order valence-corrected chi connectivity index (χ3v) is 3.82. The Kier molecular flexibility index (Phi) is 3.38. The number of hydrogen-bond acceptors (Lipinski definition) is 3. The summed E-state index contributed by atoms with van der Waals surface area (Å²) < 4.78 is 0. The fourth-order valence-electron chi connectivity index (χ4n) is 2.53. The smallest absolute Gasteiger partial charge is 0.307 e. The zero-order valence-electron chi connectivity index (χ0n) is 9.82. The molecule has 0 saturated heterocycles. The number of hydrogen-bond donors (Lipinski definition) is 3. The van der Waals surface area contributed by atoms with Gasteiger partial charge in [0.25, 0.3) is 0 Å². The molecule has 0 heterocycles. The van der Waals surface area contributed by atoms with Gasteiger partial charge in [-0.25, -0.2) is 0 Å². The monoisotopic (exact) mass is 241 g/mol. The second kappa shape index (κ2) is 4.64. The summed E-state index contributed by atoms with van der Waals surface area (Å²) in [6.45, 7) is 0.259. The molecule has 0 aromatic carbocycles. The molecule has 5 heteroatoms. The molecule has 2 aliphatic rings. The summed E-state index contributed by atoms with van der Waals surface area (Å²) in [5.74, 6) is -2.03. The minimum Gasteiger partial charge on any atom is -0.481 e. The predicted octanol–water partition coefficient (Wildman–Crippen LogP) is 0.518. The first-order valence-corrected chi connectivity index (χ1v) is 6.25. The van der Waals surface area contributed by atoms with Crippen LogP contribution < -0.4 is 5.32 Å². The van der Waals surface area contributed by atoms with Gasteiger partial charge in [0.1, 0.15) is 0 Å². The molecule has 2 aliphatic carbocycles. The maximum atomic E-state index is 11.6. The van der Waals surface area contributed by atoms with Crippen molar-refractivity contribution in [1.29, 1.82) is 0 Å². The summed E-state index contributed by atoms with van der Waals surface area (Å²) in [5, 5.41) is 21.6. The Bertz CT molecular complexity index is 322. The van der Waals surface area contributed by atoms with Crippen molar-refractivity contribution in [2.75, 3.05) is 6.54 Å². The summed E-state index contributed by atoms with van der Waals surface area (Å²) in [6.07, 6.45) is 5.00. The molecule has 0 aromatic rings. The van der Waals surface area contributed by atoms with E-state index in [4.69, 9.17) is 5.11 Å². The van der Waals surface area contributed by atoms with Crippen LogP contribution in [0.5, 0.6) is 0 Å². The summed E-state index contributed by atoms with van der Waals surface area (Å²) >= 11 is 0. The second-order valence-corrected chi connectivity index (χ2v) is 5.29. The van der Waals surface area contributed by atoms with E-state index in [0.717, 1.165) is 32.1 Å². The van der Waals surface area contributed by atoms with Crippen molar-refractivity contribution in [2.24, 2.45) is 11.8 Å². The third kappa shape index (κ3) is 2.97. The Morgan fingerprint density at radius 2 is 1.82 bits per heavy atom. The SMILES string of the molecule is O=C(O)[C@H]1C[C@H]1C(=O)NCC1(O)CCCCC1. The van der Waals surface area contributed by atoms with E-state index < -0.39 is 17.5 Å². The Hall–Kier alpha value is -1.10. The van der Waals surface area contributed by atoms with Gasteiger partial charge in [-0.05, 0) is 19.3 Å². The van der Waals surface area contributed by atoms with Crippen LogP contribution >= 0.6 is 0 Å². The van der Waals surface area contributed by atoms with E-state index in [9.17, 15) is 14.7 Å². The first kappa shape index (κ1) is 12.4. The number of amides is 1. The fourth-order valence-corrected chi connectivity index (χ4v) is 2.53. The molecular weight excluding hydrogens is 222 g/mol. The summed E-state index contributed by atoms with van der Waals surface area (Å²) in [4.78, 5) is 22.2. The topological polar surface area (TPSA) is 86.6 Å². The summed E-state index contributed by atoms with van der Waals surface area (Å²) in [7, 11) is 0. The first-order chi connectivity index (χ1) is 8.02. The van der Waals surface area contributed by atoms with E-state index >= 15 is 0 Å². The van der Waals surface area contributed by atoms with E-state index in [0.29, 0.717) is 6.42 Å². The molecule has 0 aliphatic heterocycles. The average Bonchev–Trinajstić information content (AvgIpc) is 3.07. The molecule has 2 fully saturated rings. The molecule has 3 N–H and O–H groups in total. The van der Waals surface area contributed by atoms with Crippen LogP contribution in [0.25, 0.3) is 0 Å². The molecule has 5 nitrogen and oxygen atoms in total. The predicted molar refractivity (Wildman–Crippen MR) is 60.3 cm³/mol. The lowest BCUT2D eigenvalue weighted by atomic mass is 9.85. The van der Waals surface area contributed by atoms with Gasteiger partial charge in [-0.15, -0.1) is 0 Å². The van der Waals surface area contributed by atoms with Crippen LogP contribution in [0.15, 0.2) is 0 Å². The lowest BCUT2D eigenvalue weighted by molar-refractivity contribution is -0.140. The van der Waals surface area contributed by atoms with Crippen molar-refractivity contribution >= 4 is 11.9 Å². The molecule has 2 atom stereocenters. The Morgan fingerprint density at radius 1 is 1.18 bits per heavy atom. The van der Waals surface area contributed by atoms with E-state index in [-0.39, 0.29) is 18.4 Å². The van der Waals surface area contributed by atoms with Gasteiger partial charge in [0.05, 0.1) is 17.4 Å². The molecule has 0 unspecified atom stereocenters. The van der Waals surface area contributed by atoms with Crippen LogP contribution in [-0.4, -0.2) is 34.2 Å². The maximum Gasteiger partial charge on any atom is 0.307 e. The van der Waals surface area contributed by atoms with Crippen molar-refractivity contribution < 1.29 is 19.8 Å². The minimum atomic E-state index is -0.901. The van der Waals surface area contributed by atoms with E-state index in [1.54, 1.807) is 0 Å². The van der Waals surface area contributed by atoms with Gasteiger partial charge in [0, 0.05) is 6.54 Å². The van der Waals surface area contributed by atoms with Crippen LogP contribution in [0, 0.1) is 11.8 Å². The average molecular weight is 241 g/mol. The zero-order valence-corrected chi connectivity index (χ0v) is 9.82. The molecular formula is C12H19NO4. The Balaban J connectivity index is 1.75.